The minimum Gasteiger partial charge on any atom is -0.511 e. The maximum atomic E-state index is 14.1. The topological polar surface area (TPSA) is 136 Å². The summed E-state index contributed by atoms with van der Waals surface area (Å²) in [4.78, 5) is 28.9. The number of piperidine rings is 1. The summed E-state index contributed by atoms with van der Waals surface area (Å²) in [5, 5.41) is 37.1. The lowest BCUT2D eigenvalue weighted by molar-refractivity contribution is -0.122. The summed E-state index contributed by atoms with van der Waals surface area (Å²) in [6.45, 7) is 9.09. The highest BCUT2D eigenvalue weighted by Crippen LogP contribution is 2.53. The third kappa shape index (κ3) is 4.73. The second-order valence-electron chi connectivity index (χ2n) is 11.7. The van der Waals surface area contributed by atoms with Crippen LogP contribution in [0.5, 0.6) is 5.75 Å². The smallest absolute Gasteiger partial charge is 0.252 e. The molecule has 39 heavy (non-hydrogen) atoms. The number of rotatable bonds is 6. The number of allylic oxidation sites excluding steroid dienone is 3. The van der Waals surface area contributed by atoms with E-state index < -0.39 is 11.8 Å². The average Bonchev–Trinajstić information content (AvgIpc) is 2.89. The zero-order valence-corrected chi connectivity index (χ0v) is 23.2. The summed E-state index contributed by atoms with van der Waals surface area (Å²) in [7, 11) is 0. The van der Waals surface area contributed by atoms with E-state index in [9.17, 15) is 24.9 Å². The summed E-state index contributed by atoms with van der Waals surface area (Å²) >= 11 is 0. The molecule has 4 aliphatic rings. The van der Waals surface area contributed by atoms with E-state index in [0.29, 0.717) is 41.7 Å². The van der Waals surface area contributed by atoms with Gasteiger partial charge >= 0.3 is 0 Å². The SMILES string of the molecule is CCCN1CCC(Nc2ccc3c(c2O)C(O)=C2C(=O)C4/C(=C(/C)CC)C(C(N)=O)=C(O)CC4CC2C3)CC1. The number of phenols is 1. The summed E-state index contributed by atoms with van der Waals surface area (Å²) in [5.41, 5.74) is 9.04. The Hall–Kier alpha value is -3.26. The molecule has 8 nitrogen and oxygen atoms in total. The number of aromatic hydroxyl groups is 1. The van der Waals surface area contributed by atoms with Crippen LogP contribution in [0.3, 0.4) is 0 Å². The van der Waals surface area contributed by atoms with E-state index in [4.69, 9.17) is 5.73 Å². The quantitative estimate of drug-likeness (QED) is 0.332. The Bertz CT molecular complexity index is 1290. The largest absolute Gasteiger partial charge is 0.511 e. The molecule has 6 N–H and O–H groups in total. The molecule has 3 atom stereocenters. The van der Waals surface area contributed by atoms with Gasteiger partial charge in [-0.2, -0.15) is 0 Å². The first-order chi connectivity index (χ1) is 18.7. The maximum absolute atomic E-state index is 14.1. The second-order valence-corrected chi connectivity index (χ2v) is 11.7. The fraction of sp³-hybridized carbons (Fsp3) is 0.548. The molecule has 1 aromatic carbocycles. The molecule has 5 rings (SSSR count). The third-order valence-electron chi connectivity index (χ3n) is 9.29. The van der Waals surface area contributed by atoms with Crippen LogP contribution in [0.2, 0.25) is 0 Å². The summed E-state index contributed by atoms with van der Waals surface area (Å²) in [5.74, 6) is -2.31. The van der Waals surface area contributed by atoms with Crippen molar-refractivity contribution in [2.45, 2.75) is 71.8 Å². The fourth-order valence-electron chi connectivity index (χ4n) is 7.29. The number of likely N-dealkylation sites (tertiary alicyclic amines) is 1. The molecule has 0 radical (unpaired) electrons. The lowest BCUT2D eigenvalue weighted by Crippen LogP contribution is -2.43. The molecular formula is C31H41N3O5. The molecule has 2 fully saturated rings. The molecule has 0 aromatic heterocycles. The van der Waals surface area contributed by atoms with Crippen LogP contribution in [0, 0.1) is 17.8 Å². The van der Waals surface area contributed by atoms with Gasteiger partial charge in [-0.05, 0) is 81.0 Å². The van der Waals surface area contributed by atoms with Gasteiger partial charge in [-0.1, -0.05) is 25.5 Å². The van der Waals surface area contributed by atoms with Gasteiger partial charge in [-0.15, -0.1) is 0 Å². The zero-order valence-electron chi connectivity index (χ0n) is 23.2. The van der Waals surface area contributed by atoms with Crippen molar-refractivity contribution in [1.82, 2.24) is 4.90 Å². The van der Waals surface area contributed by atoms with Crippen LogP contribution in [0.15, 0.2) is 40.2 Å². The molecule has 1 amide bonds. The number of carbonyl (C=O) groups is 2. The van der Waals surface area contributed by atoms with Crippen molar-refractivity contribution in [3.63, 3.8) is 0 Å². The number of aliphatic hydroxyl groups excluding tert-OH is 2. The number of primary amides is 1. The van der Waals surface area contributed by atoms with Gasteiger partial charge in [0, 0.05) is 31.1 Å². The number of amides is 1. The molecule has 1 aliphatic heterocycles. The molecule has 3 aliphatic carbocycles. The van der Waals surface area contributed by atoms with Gasteiger partial charge in [-0.25, -0.2) is 0 Å². The predicted octanol–water partition coefficient (Wildman–Crippen LogP) is 4.75. The van der Waals surface area contributed by atoms with Gasteiger partial charge in [-0.3, -0.25) is 9.59 Å². The molecule has 1 aromatic rings. The molecule has 210 valence electrons. The molecule has 1 saturated heterocycles. The number of hydrogen-bond acceptors (Lipinski definition) is 7. The van der Waals surface area contributed by atoms with Crippen molar-refractivity contribution in [2.75, 3.05) is 25.0 Å². The Labute approximate surface area is 230 Å². The minimum atomic E-state index is -0.746. The Balaban J connectivity index is 1.49. The lowest BCUT2D eigenvalue weighted by atomic mass is 9.59. The average molecular weight is 536 g/mol. The third-order valence-corrected chi connectivity index (χ3v) is 9.29. The predicted molar refractivity (Wildman–Crippen MR) is 151 cm³/mol. The van der Waals surface area contributed by atoms with Gasteiger partial charge in [0.05, 0.1) is 22.7 Å². The molecule has 1 heterocycles. The monoisotopic (exact) mass is 535 g/mol. The Kier molecular flexibility index (Phi) is 7.51. The number of Topliss-reactive ketones (excluding diaryl/α,β-unsaturated/α-hetero) is 1. The number of hydrogen-bond donors (Lipinski definition) is 5. The summed E-state index contributed by atoms with van der Waals surface area (Å²) < 4.78 is 0. The molecular weight excluding hydrogens is 494 g/mol. The van der Waals surface area contributed by atoms with E-state index in [0.717, 1.165) is 50.0 Å². The van der Waals surface area contributed by atoms with Gasteiger partial charge in [0.1, 0.15) is 17.3 Å². The lowest BCUT2D eigenvalue weighted by Gasteiger charge is -2.43. The van der Waals surface area contributed by atoms with Gasteiger partial charge in [0.15, 0.2) is 5.78 Å². The van der Waals surface area contributed by atoms with Crippen LogP contribution in [0.1, 0.15) is 70.4 Å². The van der Waals surface area contributed by atoms with Gasteiger partial charge in [0.2, 0.25) is 0 Å². The second kappa shape index (κ2) is 10.7. The zero-order chi connectivity index (χ0) is 28.0. The highest BCUT2D eigenvalue weighted by molar-refractivity contribution is 6.10. The van der Waals surface area contributed by atoms with Crippen molar-refractivity contribution >= 4 is 23.1 Å². The van der Waals surface area contributed by atoms with E-state index in [1.807, 2.05) is 26.0 Å². The van der Waals surface area contributed by atoms with Crippen molar-refractivity contribution in [3.8, 4) is 5.75 Å². The number of nitrogens with zero attached hydrogens (tertiary/aromatic N) is 1. The van der Waals surface area contributed by atoms with Crippen LogP contribution in [-0.2, 0) is 16.0 Å². The first-order valence-corrected chi connectivity index (χ1v) is 14.4. The summed E-state index contributed by atoms with van der Waals surface area (Å²) in [6, 6.07) is 4.03. The van der Waals surface area contributed by atoms with E-state index in [2.05, 4.69) is 17.1 Å². The normalized spacial score (nSPS) is 27.2. The van der Waals surface area contributed by atoms with Crippen molar-refractivity contribution in [2.24, 2.45) is 23.5 Å². The molecule has 8 heteroatoms. The van der Waals surface area contributed by atoms with Crippen LogP contribution in [0.25, 0.3) is 5.76 Å². The number of phenolic OH excluding ortho intramolecular Hbond substituents is 1. The van der Waals surface area contributed by atoms with E-state index >= 15 is 0 Å². The molecule has 0 spiro atoms. The van der Waals surface area contributed by atoms with Gasteiger partial charge in [0.25, 0.3) is 5.91 Å². The van der Waals surface area contributed by atoms with E-state index in [1.165, 1.54) is 0 Å². The highest BCUT2D eigenvalue weighted by atomic mass is 16.3. The van der Waals surface area contributed by atoms with Crippen LogP contribution in [0.4, 0.5) is 5.69 Å². The van der Waals surface area contributed by atoms with E-state index in [-0.39, 0.29) is 52.9 Å². The Morgan fingerprint density at radius 2 is 1.85 bits per heavy atom. The number of benzene rings is 1. The fourth-order valence-corrected chi connectivity index (χ4v) is 7.29. The number of anilines is 1. The molecule has 1 saturated carbocycles. The first-order valence-electron chi connectivity index (χ1n) is 14.4. The number of carbonyl (C=O) groups excluding carboxylic acids is 2. The van der Waals surface area contributed by atoms with Gasteiger partial charge < -0.3 is 31.3 Å². The number of ketones is 1. The van der Waals surface area contributed by atoms with Crippen molar-refractivity contribution < 1.29 is 24.9 Å². The Morgan fingerprint density at radius 1 is 1.13 bits per heavy atom. The van der Waals surface area contributed by atoms with Crippen molar-refractivity contribution in [1.29, 1.82) is 0 Å². The highest BCUT2D eigenvalue weighted by Gasteiger charge is 2.50. The number of nitrogens with one attached hydrogen (secondary N) is 1. The molecule has 0 bridgehead atoms. The summed E-state index contributed by atoms with van der Waals surface area (Å²) in [6.07, 6.45) is 4.99. The van der Waals surface area contributed by atoms with E-state index in [1.54, 1.807) is 0 Å². The number of fused-ring (bicyclic) bond motifs is 3. The number of nitrogens with two attached hydrogens (primary N) is 1. The molecule has 3 unspecified atom stereocenters. The van der Waals surface area contributed by atoms with Crippen molar-refractivity contribution in [3.05, 3.63) is 51.3 Å². The standard InChI is InChI=1S/C31H41N3O5/c1-4-10-34-11-8-20(9-12-34)33-21-7-6-17-13-18-14-19-15-22(35)27(31(32)39)23(16(3)5-2)24(19)29(37)26(18)30(38)25(17)28(21)36/h6-7,18-20,24,33,35-36,38H,4-5,8-15H2,1-3H3,(H2,32,39)/b23-16+. The van der Waals surface area contributed by atoms with Crippen LogP contribution < -0.4 is 11.1 Å². The maximum Gasteiger partial charge on any atom is 0.252 e. The first kappa shape index (κ1) is 27.3. The minimum absolute atomic E-state index is 0.0265. The number of aliphatic hydroxyl groups is 2. The Morgan fingerprint density at radius 3 is 2.49 bits per heavy atom. The van der Waals surface area contributed by atoms with Crippen LogP contribution in [-0.4, -0.2) is 57.6 Å². The van der Waals surface area contributed by atoms with Crippen LogP contribution >= 0.6 is 0 Å².